The highest BCUT2D eigenvalue weighted by molar-refractivity contribution is 5.84. The summed E-state index contributed by atoms with van der Waals surface area (Å²) < 4.78 is 172. The maximum absolute atomic E-state index is 14.2. The van der Waals surface area contributed by atoms with Crippen molar-refractivity contribution in [2.75, 3.05) is 6.61 Å². The zero-order chi connectivity index (χ0) is 31.0. The van der Waals surface area contributed by atoms with Crippen molar-refractivity contribution in [1.29, 1.82) is 0 Å². The van der Waals surface area contributed by atoms with Gasteiger partial charge in [-0.1, -0.05) is 0 Å². The normalized spacial score (nSPS) is 29.3. The average Bonchev–Trinajstić information content (AvgIpc) is 2.76. The van der Waals surface area contributed by atoms with Crippen LogP contribution in [0.2, 0.25) is 0 Å². The number of ether oxygens (including phenoxy) is 2. The SMILES string of the molecule is CC(F)(F)C(F)(F)C(F)(F)CCOC(=O)C12CC3CC(CC(OC(=O)C(F)(F)C(F)(F)C(F)(F)C(=O)O)(C3)C1)C2. The molecule has 2 atom stereocenters. The molecule has 0 aromatic rings. The van der Waals surface area contributed by atoms with Gasteiger partial charge in [-0.05, 0) is 43.9 Å². The summed E-state index contributed by atoms with van der Waals surface area (Å²) in [5, 5.41) is 8.23. The number of hydrogen-bond donors (Lipinski definition) is 1. The lowest BCUT2D eigenvalue weighted by Gasteiger charge is -2.59. The molecule has 4 aliphatic rings. The average molecular weight is 610 g/mol. The molecule has 0 aliphatic heterocycles. The van der Waals surface area contributed by atoms with E-state index in [2.05, 4.69) is 9.47 Å². The Morgan fingerprint density at radius 2 is 1.30 bits per heavy atom. The Balaban J connectivity index is 1.77. The van der Waals surface area contributed by atoms with Crippen LogP contribution in [-0.4, -0.2) is 70.8 Å². The van der Waals surface area contributed by atoms with E-state index >= 15 is 0 Å². The van der Waals surface area contributed by atoms with Gasteiger partial charge in [0.2, 0.25) is 0 Å². The Bertz CT molecular complexity index is 1040. The Morgan fingerprint density at radius 1 is 0.800 bits per heavy atom. The quantitative estimate of drug-likeness (QED) is 0.238. The lowest BCUT2D eigenvalue weighted by molar-refractivity contribution is -0.307. The highest BCUT2D eigenvalue weighted by atomic mass is 19.4. The first-order valence-corrected chi connectivity index (χ1v) is 11.7. The van der Waals surface area contributed by atoms with Crippen LogP contribution in [0, 0.1) is 17.3 Å². The molecule has 4 bridgehead atoms. The maximum atomic E-state index is 14.2. The van der Waals surface area contributed by atoms with Gasteiger partial charge in [-0.15, -0.1) is 0 Å². The molecule has 0 radical (unpaired) electrons. The molecule has 0 aromatic heterocycles. The van der Waals surface area contributed by atoms with Crippen molar-refractivity contribution in [2.45, 2.75) is 93.0 Å². The number of esters is 2. The number of aliphatic carboxylic acids is 1. The highest BCUT2D eigenvalue weighted by Crippen LogP contribution is 2.64. The van der Waals surface area contributed by atoms with Gasteiger partial charge in [0.15, 0.2) is 0 Å². The third-order valence-electron chi connectivity index (χ3n) is 7.72. The molecule has 4 fully saturated rings. The zero-order valence-electron chi connectivity index (χ0n) is 20.3. The summed E-state index contributed by atoms with van der Waals surface area (Å²) in [6.45, 7) is -1.92. The van der Waals surface area contributed by atoms with Crippen LogP contribution in [0.3, 0.4) is 0 Å². The fraction of sp³-hybridized carbons (Fsp3) is 0.864. The van der Waals surface area contributed by atoms with E-state index in [0.29, 0.717) is 6.42 Å². The Kier molecular flexibility index (Phi) is 7.45. The van der Waals surface area contributed by atoms with Crippen molar-refractivity contribution < 1.29 is 81.6 Å². The number of carboxylic acids is 1. The summed E-state index contributed by atoms with van der Waals surface area (Å²) in [6.07, 6.45) is -3.23. The van der Waals surface area contributed by atoms with Crippen LogP contribution in [0.5, 0.6) is 0 Å². The summed E-state index contributed by atoms with van der Waals surface area (Å²) in [5.41, 5.74) is -3.88. The molecule has 6 nitrogen and oxygen atoms in total. The fourth-order valence-corrected chi connectivity index (χ4v) is 6.16. The van der Waals surface area contributed by atoms with Crippen molar-refractivity contribution in [3.8, 4) is 0 Å². The minimum atomic E-state index is -6.73. The number of carbonyl (C=O) groups is 3. The first-order chi connectivity index (χ1) is 17.8. The van der Waals surface area contributed by atoms with Crippen molar-refractivity contribution in [1.82, 2.24) is 0 Å². The number of halogens is 12. The van der Waals surface area contributed by atoms with Gasteiger partial charge in [-0.3, -0.25) is 4.79 Å². The molecular weight excluding hydrogens is 588 g/mol. The van der Waals surface area contributed by atoms with Crippen LogP contribution < -0.4 is 0 Å². The maximum Gasteiger partial charge on any atom is 0.411 e. The van der Waals surface area contributed by atoms with Crippen LogP contribution in [0.4, 0.5) is 52.7 Å². The van der Waals surface area contributed by atoms with E-state index in [-0.39, 0.29) is 25.7 Å². The summed E-state index contributed by atoms with van der Waals surface area (Å²) in [7, 11) is 0. The molecule has 4 saturated carbocycles. The van der Waals surface area contributed by atoms with Gasteiger partial charge in [0.25, 0.3) is 0 Å². The zero-order valence-corrected chi connectivity index (χ0v) is 20.3. The molecule has 1 N–H and O–H groups in total. The van der Waals surface area contributed by atoms with E-state index in [1.54, 1.807) is 0 Å². The molecule has 4 rings (SSSR count). The van der Waals surface area contributed by atoms with Crippen LogP contribution in [0.25, 0.3) is 0 Å². The standard InChI is InChI=1S/C22H22F12O6/c1-15(23,24)21(31,32)18(25,26)2-3-39-13(37)16-5-10-4-11(6-16)8-17(7-10,9-16)40-14(38)20(29,30)22(33,34)19(27,28)12(35)36/h10-11H,2-9H2,1H3,(H,35,36). The minimum Gasteiger partial charge on any atom is -0.477 e. The van der Waals surface area contributed by atoms with E-state index in [1.807, 2.05) is 0 Å². The predicted octanol–water partition coefficient (Wildman–Crippen LogP) is 5.72. The van der Waals surface area contributed by atoms with E-state index in [1.165, 1.54) is 0 Å². The van der Waals surface area contributed by atoms with Gasteiger partial charge >= 0.3 is 53.4 Å². The molecule has 0 aromatic carbocycles. The van der Waals surface area contributed by atoms with Crippen LogP contribution in [0.1, 0.15) is 51.9 Å². The van der Waals surface area contributed by atoms with Crippen molar-refractivity contribution in [3.05, 3.63) is 0 Å². The van der Waals surface area contributed by atoms with Gasteiger partial charge in [-0.25, -0.2) is 9.59 Å². The third kappa shape index (κ3) is 4.86. The molecule has 4 aliphatic carbocycles. The largest absolute Gasteiger partial charge is 0.477 e. The summed E-state index contributed by atoms with van der Waals surface area (Å²) in [6, 6.07) is 0. The van der Waals surface area contributed by atoms with Gasteiger partial charge in [0.1, 0.15) is 5.60 Å². The van der Waals surface area contributed by atoms with Gasteiger partial charge < -0.3 is 14.6 Å². The van der Waals surface area contributed by atoms with Crippen LogP contribution >= 0.6 is 0 Å². The lowest BCUT2D eigenvalue weighted by atomic mass is 9.48. The molecule has 0 heterocycles. The molecule has 0 amide bonds. The second-order valence-corrected chi connectivity index (χ2v) is 10.9. The number of carboxylic acid groups (broad SMARTS) is 1. The van der Waals surface area contributed by atoms with Crippen molar-refractivity contribution >= 4 is 17.9 Å². The van der Waals surface area contributed by atoms with Gasteiger partial charge in [0, 0.05) is 13.3 Å². The smallest absolute Gasteiger partial charge is 0.411 e. The van der Waals surface area contributed by atoms with Gasteiger partial charge in [0.05, 0.1) is 18.4 Å². The number of rotatable bonds is 11. The third-order valence-corrected chi connectivity index (χ3v) is 7.72. The second-order valence-electron chi connectivity index (χ2n) is 10.9. The predicted molar refractivity (Wildman–Crippen MR) is 105 cm³/mol. The van der Waals surface area contributed by atoms with E-state index < -0.39 is 103 Å². The minimum absolute atomic E-state index is 0.106. The topological polar surface area (TPSA) is 89.9 Å². The highest BCUT2D eigenvalue weighted by Gasteiger charge is 2.80. The molecule has 0 spiro atoms. The lowest BCUT2D eigenvalue weighted by Crippen LogP contribution is -2.64. The summed E-state index contributed by atoms with van der Waals surface area (Å²) in [5.74, 6) is -45.1. The molecule has 40 heavy (non-hydrogen) atoms. The molecule has 18 heteroatoms. The van der Waals surface area contributed by atoms with Crippen LogP contribution in [-0.2, 0) is 23.9 Å². The number of hydrogen-bond acceptors (Lipinski definition) is 5. The molecule has 230 valence electrons. The first-order valence-electron chi connectivity index (χ1n) is 11.7. The Morgan fingerprint density at radius 3 is 1.75 bits per heavy atom. The Labute approximate surface area is 217 Å². The molecule has 0 saturated heterocycles. The fourth-order valence-electron chi connectivity index (χ4n) is 6.16. The van der Waals surface area contributed by atoms with Crippen molar-refractivity contribution in [2.24, 2.45) is 17.3 Å². The van der Waals surface area contributed by atoms with Gasteiger partial charge in [-0.2, -0.15) is 52.7 Å². The summed E-state index contributed by atoms with van der Waals surface area (Å²) >= 11 is 0. The first kappa shape index (κ1) is 32.1. The second kappa shape index (κ2) is 9.29. The van der Waals surface area contributed by atoms with E-state index in [0.717, 1.165) is 0 Å². The van der Waals surface area contributed by atoms with Crippen LogP contribution in [0.15, 0.2) is 0 Å². The summed E-state index contributed by atoms with van der Waals surface area (Å²) in [4.78, 5) is 35.4. The van der Waals surface area contributed by atoms with E-state index in [4.69, 9.17) is 5.11 Å². The monoisotopic (exact) mass is 610 g/mol. The van der Waals surface area contributed by atoms with E-state index in [9.17, 15) is 67.1 Å². The van der Waals surface area contributed by atoms with Crippen molar-refractivity contribution in [3.63, 3.8) is 0 Å². The Hall–Kier alpha value is -2.43. The molecule has 2 unspecified atom stereocenters. The molecular formula is C22H22F12O6. The number of alkyl halides is 12. The number of carbonyl (C=O) groups excluding carboxylic acids is 2.